The van der Waals surface area contributed by atoms with Crippen molar-refractivity contribution in [3.8, 4) is 0 Å². The lowest BCUT2D eigenvalue weighted by Gasteiger charge is -2.20. The molecule has 3 rings (SSSR count). The van der Waals surface area contributed by atoms with E-state index in [4.69, 9.17) is 17.3 Å². The van der Waals surface area contributed by atoms with Gasteiger partial charge in [-0.1, -0.05) is 60.1 Å². The Bertz CT molecular complexity index is 776. The van der Waals surface area contributed by atoms with Crippen molar-refractivity contribution in [2.45, 2.75) is 24.5 Å². The molecule has 0 saturated carbocycles. The number of halogens is 1. The first-order valence-corrected chi connectivity index (χ1v) is 9.47. The van der Waals surface area contributed by atoms with Crippen molar-refractivity contribution in [1.82, 2.24) is 0 Å². The van der Waals surface area contributed by atoms with Crippen LogP contribution < -0.4 is 5.73 Å². The summed E-state index contributed by atoms with van der Waals surface area (Å²) in [7, 11) is 0. The normalized spacial score (nSPS) is 18.7. The molecule has 2 aromatic rings. The number of hydrogen-bond donors (Lipinski definition) is 1. The monoisotopic (exact) mass is 359 g/mol. The van der Waals surface area contributed by atoms with Gasteiger partial charge in [0.15, 0.2) is 0 Å². The van der Waals surface area contributed by atoms with E-state index in [0.717, 1.165) is 11.1 Å². The van der Waals surface area contributed by atoms with Gasteiger partial charge >= 0.3 is 0 Å². The first kappa shape index (κ1) is 17.1. The van der Waals surface area contributed by atoms with Crippen LogP contribution in [0.25, 0.3) is 0 Å². The zero-order valence-corrected chi connectivity index (χ0v) is 14.6. The molecule has 1 aliphatic carbocycles. The highest BCUT2D eigenvalue weighted by Crippen LogP contribution is 2.45. The molecule has 0 aromatic heterocycles. The Morgan fingerprint density at radius 1 is 1.17 bits per heavy atom. The lowest BCUT2D eigenvalue weighted by molar-refractivity contribution is -0.114. The number of primary amides is 1. The van der Waals surface area contributed by atoms with Crippen LogP contribution in [-0.4, -0.2) is 10.5 Å². The van der Waals surface area contributed by atoms with E-state index in [2.05, 4.69) is 0 Å². The van der Waals surface area contributed by atoms with Crippen LogP contribution in [0.1, 0.15) is 29.9 Å². The fourth-order valence-corrected chi connectivity index (χ4v) is 5.11. The number of carbonyl (C=O) groups is 1. The summed E-state index contributed by atoms with van der Waals surface area (Å²) in [6.45, 7) is 0. The van der Waals surface area contributed by atoms with Crippen LogP contribution in [0.5, 0.6) is 0 Å². The van der Waals surface area contributed by atoms with Gasteiger partial charge in [-0.05, 0) is 35.6 Å². The summed E-state index contributed by atoms with van der Waals surface area (Å²) in [5.41, 5.74) is 7.91. The van der Waals surface area contributed by atoms with E-state index in [-0.39, 0.29) is 5.92 Å². The van der Waals surface area contributed by atoms with Crippen molar-refractivity contribution < 1.29 is 9.35 Å². The number of nitrogens with two attached hydrogens (primary N) is 1. The molecule has 0 fully saturated rings. The second kappa shape index (κ2) is 7.43. The number of allylic oxidation sites excluding steroid dienone is 1. The van der Waals surface area contributed by atoms with Crippen LogP contribution in [0.3, 0.4) is 0 Å². The maximum Gasteiger partial charge on any atom is 0.249 e. The minimum absolute atomic E-state index is 0.120. The third-order valence-corrected chi connectivity index (χ3v) is 6.22. The molecule has 2 atom stereocenters. The van der Waals surface area contributed by atoms with E-state index >= 15 is 0 Å². The maximum atomic E-state index is 13.0. The molecule has 2 N–H and O–H groups in total. The van der Waals surface area contributed by atoms with Crippen molar-refractivity contribution in [2.75, 3.05) is 0 Å². The number of amides is 1. The summed E-state index contributed by atoms with van der Waals surface area (Å²) in [6.07, 6.45) is 1.25. The molecule has 2 unspecified atom stereocenters. The van der Waals surface area contributed by atoms with Crippen molar-refractivity contribution in [1.29, 1.82) is 0 Å². The quantitative estimate of drug-likeness (QED) is 0.822. The van der Waals surface area contributed by atoms with E-state index in [1.54, 1.807) is 0 Å². The van der Waals surface area contributed by atoms with Crippen LogP contribution in [0.4, 0.5) is 0 Å². The molecule has 2 aromatic carbocycles. The second-order valence-electron chi connectivity index (χ2n) is 5.80. The van der Waals surface area contributed by atoms with Crippen LogP contribution in [0, 0.1) is 0 Å². The van der Waals surface area contributed by atoms with Gasteiger partial charge in [-0.3, -0.25) is 4.79 Å². The first-order valence-electron chi connectivity index (χ1n) is 7.77. The zero-order chi connectivity index (χ0) is 17.1. The maximum absolute atomic E-state index is 13.0. The van der Waals surface area contributed by atoms with Gasteiger partial charge in [-0.15, -0.1) is 0 Å². The molecule has 0 bridgehead atoms. The molecular formula is C19H18ClNO2S. The molecule has 0 aliphatic heterocycles. The lowest BCUT2D eigenvalue weighted by atomic mass is 9.98. The van der Waals surface area contributed by atoms with E-state index in [0.29, 0.717) is 34.1 Å². The molecule has 24 heavy (non-hydrogen) atoms. The van der Waals surface area contributed by atoms with Gasteiger partial charge in [0.1, 0.15) is 10.7 Å². The van der Waals surface area contributed by atoms with Gasteiger partial charge in [0.25, 0.3) is 0 Å². The summed E-state index contributed by atoms with van der Waals surface area (Å²) in [6, 6.07) is 17.1. The molecule has 0 radical (unpaired) electrons. The van der Waals surface area contributed by atoms with Crippen LogP contribution in [0.2, 0.25) is 5.02 Å². The number of carbonyl (C=O) groups excluding carboxylic acids is 1. The zero-order valence-electron chi connectivity index (χ0n) is 13.1. The molecule has 0 spiro atoms. The van der Waals surface area contributed by atoms with E-state index < -0.39 is 17.1 Å². The van der Waals surface area contributed by atoms with Crippen molar-refractivity contribution in [3.63, 3.8) is 0 Å². The van der Waals surface area contributed by atoms with Crippen molar-refractivity contribution >= 4 is 28.7 Å². The highest BCUT2D eigenvalue weighted by molar-refractivity contribution is 7.94. The largest absolute Gasteiger partial charge is 0.611 e. The smallest absolute Gasteiger partial charge is 0.249 e. The topological polar surface area (TPSA) is 66.2 Å². The minimum Gasteiger partial charge on any atom is -0.611 e. The van der Waals surface area contributed by atoms with Gasteiger partial charge in [-0.25, -0.2) is 0 Å². The molecule has 3 nitrogen and oxygen atoms in total. The predicted octanol–water partition coefficient (Wildman–Crippen LogP) is 3.91. The SMILES string of the molecule is NC(=O)C1=C([S+]([O-])Cc2ccccc2)C(c2ccccc2Cl)CC1. The van der Waals surface area contributed by atoms with E-state index in [9.17, 15) is 9.35 Å². The fraction of sp³-hybridized carbons (Fsp3) is 0.211. The number of hydrogen-bond acceptors (Lipinski definition) is 2. The number of benzene rings is 2. The summed E-state index contributed by atoms with van der Waals surface area (Å²) < 4.78 is 13.0. The van der Waals surface area contributed by atoms with Gasteiger partial charge in [-0.2, -0.15) is 0 Å². The Balaban J connectivity index is 1.96. The third-order valence-electron chi connectivity index (χ3n) is 4.26. The first-order chi connectivity index (χ1) is 11.6. The van der Waals surface area contributed by atoms with Crippen molar-refractivity contribution in [2.24, 2.45) is 5.73 Å². The lowest BCUT2D eigenvalue weighted by Crippen LogP contribution is -2.19. The molecule has 1 amide bonds. The average Bonchev–Trinajstić information content (AvgIpc) is 3.01. The average molecular weight is 360 g/mol. The Labute approximate surface area is 149 Å². The summed E-state index contributed by atoms with van der Waals surface area (Å²) in [5, 5.41) is 0.627. The highest BCUT2D eigenvalue weighted by Gasteiger charge is 2.38. The van der Waals surface area contributed by atoms with E-state index in [1.165, 1.54) is 0 Å². The Kier molecular flexibility index (Phi) is 5.29. The Morgan fingerprint density at radius 2 is 1.83 bits per heavy atom. The van der Waals surface area contributed by atoms with Crippen LogP contribution in [-0.2, 0) is 21.7 Å². The van der Waals surface area contributed by atoms with Gasteiger partial charge < -0.3 is 10.3 Å². The molecule has 124 valence electrons. The molecule has 0 saturated heterocycles. The second-order valence-corrected chi connectivity index (χ2v) is 7.62. The summed E-state index contributed by atoms with van der Waals surface area (Å²) in [4.78, 5) is 12.5. The van der Waals surface area contributed by atoms with E-state index in [1.807, 2.05) is 54.6 Å². The Hall–Kier alpha value is -1.75. The fourth-order valence-electron chi connectivity index (χ4n) is 3.15. The van der Waals surface area contributed by atoms with Crippen LogP contribution in [0.15, 0.2) is 65.1 Å². The minimum atomic E-state index is -1.32. The summed E-state index contributed by atoms with van der Waals surface area (Å²) in [5.74, 6) is -0.236. The van der Waals surface area contributed by atoms with Gasteiger partial charge in [0.2, 0.25) is 5.91 Å². The third kappa shape index (κ3) is 3.51. The summed E-state index contributed by atoms with van der Waals surface area (Å²) >= 11 is 5.01. The molecule has 1 aliphatic rings. The molecule has 5 heteroatoms. The molecular weight excluding hydrogens is 342 g/mol. The molecule has 0 heterocycles. The highest BCUT2D eigenvalue weighted by atomic mass is 35.5. The van der Waals surface area contributed by atoms with Gasteiger partial charge in [0.05, 0.1) is 11.5 Å². The Morgan fingerprint density at radius 3 is 2.50 bits per heavy atom. The predicted molar refractivity (Wildman–Crippen MR) is 97.9 cm³/mol. The van der Waals surface area contributed by atoms with Crippen LogP contribution >= 0.6 is 11.6 Å². The standard InChI is InChI=1S/C19H18ClNO2S/c20-17-9-5-4-8-14(17)15-10-11-16(19(21)22)18(15)24(23)12-13-6-2-1-3-7-13/h1-9,15H,10-12H2,(H2,21,22). The number of rotatable bonds is 5. The van der Waals surface area contributed by atoms with Gasteiger partial charge in [0, 0.05) is 10.6 Å². The van der Waals surface area contributed by atoms with Crippen molar-refractivity contribution in [3.05, 3.63) is 81.2 Å².